The van der Waals surface area contributed by atoms with Crippen LogP contribution in [0.3, 0.4) is 0 Å². The predicted octanol–water partition coefficient (Wildman–Crippen LogP) is -2.60. The van der Waals surface area contributed by atoms with Gasteiger partial charge in [-0.15, -0.1) is 0 Å². The summed E-state index contributed by atoms with van der Waals surface area (Å²) >= 11 is 0. The molecular weight excluding hydrogens is 248 g/mol. The van der Waals surface area contributed by atoms with Crippen molar-refractivity contribution in [3.8, 4) is 0 Å². The summed E-state index contributed by atoms with van der Waals surface area (Å²) in [6.07, 6.45) is -4.02. The Morgan fingerprint density at radius 2 is 2.17 bits per heavy atom. The number of nitrogens with zero attached hydrogens (tertiary/aromatic N) is 3. The molecule has 5 N–H and O–H groups in total. The second kappa shape index (κ2) is 6.89. The minimum atomic E-state index is -2.74. The summed E-state index contributed by atoms with van der Waals surface area (Å²) < 4.78 is 0. The summed E-state index contributed by atoms with van der Waals surface area (Å²) in [4.78, 5) is 23.8. The van der Waals surface area contributed by atoms with Crippen molar-refractivity contribution in [1.82, 2.24) is 5.32 Å². The molecule has 0 radical (unpaired) electrons. The van der Waals surface area contributed by atoms with Gasteiger partial charge in [0.05, 0.1) is 18.8 Å². The van der Waals surface area contributed by atoms with Crippen LogP contribution < -0.4 is 5.32 Å². The molecule has 0 aliphatic heterocycles. The fourth-order valence-corrected chi connectivity index (χ4v) is 1.23. The van der Waals surface area contributed by atoms with Crippen LogP contribution in [0.15, 0.2) is 5.11 Å². The Kier molecular flexibility index (Phi) is 6.23. The van der Waals surface area contributed by atoms with E-state index in [1.807, 2.05) is 0 Å². The molecule has 18 heavy (non-hydrogen) atoms. The number of aliphatic hydroxyl groups is 4. The second-order valence-electron chi connectivity index (χ2n) is 3.51. The molecule has 1 amide bonds. The van der Waals surface area contributed by atoms with Crippen LogP contribution in [0.25, 0.3) is 10.4 Å². The molecule has 10 nitrogen and oxygen atoms in total. The first kappa shape index (κ1) is 16.3. The van der Waals surface area contributed by atoms with Crippen molar-refractivity contribution in [1.29, 1.82) is 0 Å². The zero-order valence-corrected chi connectivity index (χ0v) is 9.46. The molecule has 0 spiro atoms. The fourth-order valence-electron chi connectivity index (χ4n) is 1.23. The fraction of sp³-hybridized carbons (Fsp3) is 0.750. The van der Waals surface area contributed by atoms with Crippen molar-refractivity contribution in [2.75, 3.05) is 6.61 Å². The van der Waals surface area contributed by atoms with Crippen molar-refractivity contribution in [2.24, 2.45) is 5.11 Å². The van der Waals surface area contributed by atoms with Crippen LogP contribution in [0.4, 0.5) is 0 Å². The molecular formula is C8H14N4O6. The molecule has 0 heterocycles. The lowest BCUT2D eigenvalue weighted by atomic mass is 9.97. The zero-order valence-electron chi connectivity index (χ0n) is 9.46. The molecule has 10 heteroatoms. The third-order valence-electron chi connectivity index (χ3n) is 2.10. The molecule has 4 atom stereocenters. The van der Waals surface area contributed by atoms with Gasteiger partial charge in [0, 0.05) is 11.8 Å². The first-order valence-corrected chi connectivity index (χ1v) is 4.81. The average molecular weight is 262 g/mol. The van der Waals surface area contributed by atoms with Gasteiger partial charge in [0.1, 0.15) is 6.10 Å². The standard InChI is InChI=1S/C8H14N4O6/c1-4(15)10-8(18,3-14)7(17)6(11-12-9)5(16)2-13/h3,5-7,13,16-18H,2H2,1H3,(H,10,15)/t5-,6-,7+,8+/m1/s1. The highest BCUT2D eigenvalue weighted by Crippen LogP contribution is 2.15. The predicted molar refractivity (Wildman–Crippen MR) is 56.9 cm³/mol. The molecule has 0 bridgehead atoms. The maximum atomic E-state index is 10.8. The monoisotopic (exact) mass is 262 g/mol. The van der Waals surface area contributed by atoms with E-state index in [9.17, 15) is 24.9 Å². The maximum absolute atomic E-state index is 10.8. The van der Waals surface area contributed by atoms with Crippen molar-refractivity contribution < 1.29 is 30.0 Å². The van der Waals surface area contributed by atoms with E-state index in [1.54, 1.807) is 5.32 Å². The van der Waals surface area contributed by atoms with E-state index in [-0.39, 0.29) is 6.29 Å². The quantitative estimate of drug-likeness (QED) is 0.110. The molecule has 0 aliphatic carbocycles. The molecule has 0 saturated heterocycles. The smallest absolute Gasteiger partial charge is 0.222 e. The molecule has 102 valence electrons. The summed E-state index contributed by atoms with van der Waals surface area (Å²) in [5.41, 5.74) is 5.51. The SMILES string of the molecule is CC(=O)N[C@](O)(C=O)[C@@H](O)[C@H](N=[N+]=[N-])[C@H](O)CO. The third-order valence-corrected chi connectivity index (χ3v) is 2.10. The van der Waals surface area contributed by atoms with Crippen LogP contribution in [-0.2, 0) is 9.59 Å². The Balaban J connectivity index is 5.25. The first-order valence-electron chi connectivity index (χ1n) is 4.81. The van der Waals surface area contributed by atoms with E-state index in [4.69, 9.17) is 10.6 Å². The minimum absolute atomic E-state index is 0.178. The lowest BCUT2D eigenvalue weighted by Gasteiger charge is -2.32. The first-order chi connectivity index (χ1) is 8.32. The molecule has 0 unspecified atom stereocenters. The molecule has 0 saturated carbocycles. The topological polar surface area (TPSA) is 176 Å². The summed E-state index contributed by atoms with van der Waals surface area (Å²) in [7, 11) is 0. The molecule has 0 aliphatic rings. The Bertz CT molecular complexity index is 357. The van der Waals surface area contributed by atoms with Gasteiger partial charge in [0.15, 0.2) is 6.29 Å². The van der Waals surface area contributed by atoms with Crippen molar-refractivity contribution >= 4 is 12.2 Å². The molecule has 0 rings (SSSR count). The number of azide groups is 1. The van der Waals surface area contributed by atoms with Gasteiger partial charge < -0.3 is 25.7 Å². The van der Waals surface area contributed by atoms with E-state index in [0.717, 1.165) is 6.92 Å². The third kappa shape index (κ3) is 3.95. The van der Waals surface area contributed by atoms with Crippen molar-refractivity contribution in [2.45, 2.75) is 30.9 Å². The largest absolute Gasteiger partial charge is 0.394 e. The van der Waals surface area contributed by atoms with Crippen molar-refractivity contribution in [3.63, 3.8) is 0 Å². The summed E-state index contributed by atoms with van der Waals surface area (Å²) in [5.74, 6) is -0.832. The van der Waals surface area contributed by atoms with Gasteiger partial charge in [-0.25, -0.2) is 0 Å². The highest BCUT2D eigenvalue weighted by atomic mass is 16.4. The number of hydrogen-bond donors (Lipinski definition) is 5. The number of carbonyl (C=O) groups is 2. The zero-order chi connectivity index (χ0) is 14.3. The number of aldehydes is 1. The number of carbonyl (C=O) groups excluding carboxylic acids is 2. The average Bonchev–Trinajstić information content (AvgIpc) is 2.33. The summed E-state index contributed by atoms with van der Waals surface area (Å²) in [6, 6.07) is -1.72. The number of hydrogen-bond acceptors (Lipinski definition) is 7. The van der Waals surface area contributed by atoms with Gasteiger partial charge in [-0.05, 0) is 5.53 Å². The number of aliphatic hydroxyl groups excluding tert-OH is 3. The Morgan fingerprint density at radius 1 is 1.61 bits per heavy atom. The highest BCUT2D eigenvalue weighted by molar-refractivity contribution is 5.79. The number of amides is 1. The molecule has 0 aromatic rings. The normalized spacial score (nSPS) is 18.7. The Hall–Kier alpha value is -1.71. The van der Waals surface area contributed by atoms with E-state index in [0.29, 0.717) is 0 Å². The maximum Gasteiger partial charge on any atom is 0.222 e. The van der Waals surface area contributed by atoms with Gasteiger partial charge in [-0.1, -0.05) is 5.11 Å². The minimum Gasteiger partial charge on any atom is -0.394 e. The molecule has 0 aromatic carbocycles. The van der Waals surface area contributed by atoms with Crippen LogP contribution in [0, 0.1) is 0 Å². The van der Waals surface area contributed by atoms with Gasteiger partial charge in [-0.2, -0.15) is 0 Å². The van der Waals surface area contributed by atoms with Gasteiger partial charge in [-0.3, -0.25) is 9.59 Å². The van der Waals surface area contributed by atoms with Crippen LogP contribution in [0.1, 0.15) is 6.92 Å². The number of rotatable bonds is 7. The van der Waals surface area contributed by atoms with Gasteiger partial charge in [0.25, 0.3) is 0 Å². The van der Waals surface area contributed by atoms with Gasteiger partial charge in [0.2, 0.25) is 11.6 Å². The van der Waals surface area contributed by atoms with Crippen LogP contribution >= 0.6 is 0 Å². The second-order valence-corrected chi connectivity index (χ2v) is 3.51. The van der Waals surface area contributed by atoms with Crippen molar-refractivity contribution in [3.05, 3.63) is 10.4 Å². The highest BCUT2D eigenvalue weighted by Gasteiger charge is 2.43. The Labute approximate surface area is 101 Å². The van der Waals surface area contributed by atoms with Crippen LogP contribution in [0.5, 0.6) is 0 Å². The summed E-state index contributed by atoms with van der Waals surface area (Å²) in [6.45, 7) is 0.0992. The lowest BCUT2D eigenvalue weighted by Crippen LogP contribution is -2.63. The van der Waals surface area contributed by atoms with Crippen LogP contribution in [-0.4, -0.2) is 63.2 Å². The summed E-state index contributed by atoms with van der Waals surface area (Å²) in [5, 5.41) is 42.1. The number of nitrogens with one attached hydrogen (secondary N) is 1. The van der Waals surface area contributed by atoms with E-state index in [2.05, 4.69) is 10.0 Å². The van der Waals surface area contributed by atoms with E-state index >= 15 is 0 Å². The van der Waals surface area contributed by atoms with E-state index < -0.39 is 36.5 Å². The van der Waals surface area contributed by atoms with Gasteiger partial charge >= 0.3 is 0 Å². The van der Waals surface area contributed by atoms with E-state index in [1.165, 1.54) is 0 Å². The molecule has 0 fully saturated rings. The molecule has 0 aromatic heterocycles. The Morgan fingerprint density at radius 3 is 2.50 bits per heavy atom. The lowest BCUT2D eigenvalue weighted by molar-refractivity contribution is -0.157. The van der Waals surface area contributed by atoms with Crippen LogP contribution in [0.2, 0.25) is 0 Å².